The molecule has 1 fully saturated rings. The number of esters is 1. The van der Waals surface area contributed by atoms with Gasteiger partial charge in [0.05, 0.1) is 19.6 Å². The van der Waals surface area contributed by atoms with Gasteiger partial charge in [-0.15, -0.1) is 0 Å². The third-order valence-electron chi connectivity index (χ3n) is 3.72. The molecule has 0 bridgehead atoms. The largest absolute Gasteiger partial charge is 0.469 e. The zero-order chi connectivity index (χ0) is 15.0. The highest BCUT2D eigenvalue weighted by atomic mass is 16.5. The minimum atomic E-state index is -0.279. The van der Waals surface area contributed by atoms with Crippen LogP contribution in [0.4, 0.5) is 0 Å². The summed E-state index contributed by atoms with van der Waals surface area (Å²) < 4.78 is 10.2. The lowest BCUT2D eigenvalue weighted by atomic mass is 10.0. The standard InChI is InChI=1S/C15H27NO4/c1-4-6-12(2)15(18)16(9-8-14(17)19-3)11-13-7-5-10-20-13/h12-13H,4-11H2,1-3H3. The molecule has 0 aromatic heterocycles. The lowest BCUT2D eigenvalue weighted by molar-refractivity contribution is -0.143. The Balaban J connectivity index is 2.56. The molecular weight excluding hydrogens is 258 g/mol. The number of ether oxygens (including phenoxy) is 2. The molecule has 5 nitrogen and oxygen atoms in total. The molecule has 116 valence electrons. The Hall–Kier alpha value is -1.10. The van der Waals surface area contributed by atoms with E-state index in [-0.39, 0.29) is 30.3 Å². The van der Waals surface area contributed by atoms with Crippen LogP contribution in [0.2, 0.25) is 0 Å². The Kier molecular flexibility index (Phi) is 7.59. The molecule has 0 radical (unpaired) electrons. The number of hydrogen-bond acceptors (Lipinski definition) is 4. The van der Waals surface area contributed by atoms with Gasteiger partial charge in [-0.25, -0.2) is 0 Å². The van der Waals surface area contributed by atoms with Crippen molar-refractivity contribution in [3.63, 3.8) is 0 Å². The first kappa shape index (κ1) is 17.0. The van der Waals surface area contributed by atoms with Gasteiger partial charge in [0.2, 0.25) is 5.91 Å². The molecule has 0 spiro atoms. The van der Waals surface area contributed by atoms with Gasteiger partial charge in [-0.1, -0.05) is 20.3 Å². The Morgan fingerprint density at radius 1 is 1.45 bits per heavy atom. The van der Waals surface area contributed by atoms with Crippen LogP contribution in [0, 0.1) is 5.92 Å². The number of hydrogen-bond donors (Lipinski definition) is 0. The lowest BCUT2D eigenvalue weighted by Crippen LogP contribution is -2.41. The highest BCUT2D eigenvalue weighted by Gasteiger charge is 2.25. The molecule has 1 saturated heterocycles. The van der Waals surface area contributed by atoms with Gasteiger partial charge >= 0.3 is 5.97 Å². The molecule has 2 atom stereocenters. The van der Waals surface area contributed by atoms with E-state index in [0.717, 1.165) is 32.3 Å². The third-order valence-corrected chi connectivity index (χ3v) is 3.72. The molecule has 1 aliphatic heterocycles. The Bertz CT molecular complexity index is 313. The maximum absolute atomic E-state index is 12.4. The molecule has 0 aromatic carbocycles. The number of carbonyl (C=O) groups excluding carboxylic acids is 2. The Labute approximate surface area is 121 Å². The van der Waals surface area contributed by atoms with Crippen molar-refractivity contribution in [2.75, 3.05) is 26.8 Å². The average Bonchev–Trinajstić information content (AvgIpc) is 2.95. The first-order valence-corrected chi connectivity index (χ1v) is 7.55. The summed E-state index contributed by atoms with van der Waals surface area (Å²) in [5, 5.41) is 0. The minimum Gasteiger partial charge on any atom is -0.469 e. The second kappa shape index (κ2) is 8.95. The van der Waals surface area contributed by atoms with Gasteiger partial charge in [0, 0.05) is 25.6 Å². The van der Waals surface area contributed by atoms with Crippen LogP contribution in [-0.2, 0) is 19.1 Å². The topological polar surface area (TPSA) is 55.8 Å². The zero-order valence-corrected chi connectivity index (χ0v) is 12.9. The molecule has 0 aliphatic carbocycles. The first-order valence-electron chi connectivity index (χ1n) is 7.55. The normalized spacial score (nSPS) is 19.6. The average molecular weight is 285 g/mol. The lowest BCUT2D eigenvalue weighted by Gasteiger charge is -2.27. The van der Waals surface area contributed by atoms with Crippen molar-refractivity contribution in [2.45, 2.75) is 52.1 Å². The molecule has 0 aromatic rings. The first-order chi connectivity index (χ1) is 9.58. The summed E-state index contributed by atoms with van der Waals surface area (Å²) in [6.45, 7) is 5.80. The molecule has 20 heavy (non-hydrogen) atoms. The predicted molar refractivity (Wildman–Crippen MR) is 76.3 cm³/mol. The van der Waals surface area contributed by atoms with Crippen molar-refractivity contribution in [1.82, 2.24) is 4.90 Å². The van der Waals surface area contributed by atoms with E-state index in [4.69, 9.17) is 4.74 Å². The van der Waals surface area contributed by atoms with Crippen molar-refractivity contribution in [1.29, 1.82) is 0 Å². The summed E-state index contributed by atoms with van der Waals surface area (Å²) in [5.41, 5.74) is 0. The van der Waals surface area contributed by atoms with Crippen molar-refractivity contribution < 1.29 is 19.1 Å². The van der Waals surface area contributed by atoms with Crippen LogP contribution in [0.25, 0.3) is 0 Å². The van der Waals surface area contributed by atoms with Crippen molar-refractivity contribution in [3.8, 4) is 0 Å². The fourth-order valence-corrected chi connectivity index (χ4v) is 2.52. The van der Waals surface area contributed by atoms with Gasteiger partial charge < -0.3 is 14.4 Å². The SMILES string of the molecule is CCCC(C)C(=O)N(CCC(=O)OC)CC1CCCO1. The number of nitrogens with zero attached hydrogens (tertiary/aromatic N) is 1. The molecule has 1 aliphatic rings. The molecule has 1 amide bonds. The van der Waals surface area contributed by atoms with Gasteiger partial charge in [-0.2, -0.15) is 0 Å². The number of carbonyl (C=O) groups is 2. The molecule has 2 unspecified atom stereocenters. The van der Waals surface area contributed by atoms with Crippen LogP contribution in [0.5, 0.6) is 0 Å². The second-order valence-electron chi connectivity index (χ2n) is 5.44. The highest BCUT2D eigenvalue weighted by Crippen LogP contribution is 2.16. The maximum Gasteiger partial charge on any atom is 0.307 e. The fourth-order valence-electron chi connectivity index (χ4n) is 2.52. The summed E-state index contributed by atoms with van der Waals surface area (Å²) in [4.78, 5) is 25.5. The predicted octanol–water partition coefficient (Wildman–Crippen LogP) is 1.99. The van der Waals surface area contributed by atoms with Gasteiger partial charge in [0.15, 0.2) is 0 Å². The van der Waals surface area contributed by atoms with Gasteiger partial charge in [-0.05, 0) is 19.3 Å². The smallest absolute Gasteiger partial charge is 0.307 e. The summed E-state index contributed by atoms with van der Waals surface area (Å²) >= 11 is 0. The van der Waals surface area contributed by atoms with E-state index in [1.165, 1.54) is 7.11 Å². The van der Waals surface area contributed by atoms with E-state index in [9.17, 15) is 9.59 Å². The molecule has 5 heteroatoms. The summed E-state index contributed by atoms with van der Waals surface area (Å²) in [6, 6.07) is 0. The van der Waals surface area contributed by atoms with Crippen molar-refractivity contribution in [3.05, 3.63) is 0 Å². The second-order valence-corrected chi connectivity index (χ2v) is 5.44. The molecule has 1 rings (SSSR count). The van der Waals surface area contributed by atoms with Crippen LogP contribution >= 0.6 is 0 Å². The van der Waals surface area contributed by atoms with Crippen molar-refractivity contribution in [2.24, 2.45) is 5.92 Å². The van der Waals surface area contributed by atoms with Gasteiger partial charge in [0.25, 0.3) is 0 Å². The molecular formula is C15H27NO4. The van der Waals surface area contributed by atoms with E-state index in [1.54, 1.807) is 4.90 Å². The van der Waals surface area contributed by atoms with Crippen LogP contribution < -0.4 is 0 Å². The maximum atomic E-state index is 12.4. The minimum absolute atomic E-state index is 0.000880. The molecule has 0 saturated carbocycles. The fraction of sp³-hybridized carbons (Fsp3) is 0.867. The van der Waals surface area contributed by atoms with E-state index in [0.29, 0.717) is 13.1 Å². The third kappa shape index (κ3) is 5.49. The highest BCUT2D eigenvalue weighted by molar-refractivity contribution is 5.79. The van der Waals surface area contributed by atoms with Crippen LogP contribution in [0.1, 0.15) is 46.0 Å². The summed E-state index contributed by atoms with van der Waals surface area (Å²) in [7, 11) is 1.37. The molecule has 1 heterocycles. The van der Waals surface area contributed by atoms with Crippen molar-refractivity contribution >= 4 is 11.9 Å². The zero-order valence-electron chi connectivity index (χ0n) is 12.9. The molecule has 0 N–H and O–H groups in total. The van der Waals surface area contributed by atoms with Crippen LogP contribution in [-0.4, -0.2) is 49.7 Å². The number of methoxy groups -OCH3 is 1. The number of rotatable bonds is 8. The monoisotopic (exact) mass is 285 g/mol. The summed E-state index contributed by atoms with van der Waals surface area (Å²) in [6.07, 6.45) is 4.26. The quantitative estimate of drug-likeness (QED) is 0.640. The summed E-state index contributed by atoms with van der Waals surface area (Å²) in [5.74, 6) is -0.163. The Morgan fingerprint density at radius 2 is 2.20 bits per heavy atom. The Morgan fingerprint density at radius 3 is 2.75 bits per heavy atom. The number of amides is 1. The van der Waals surface area contributed by atoms with E-state index in [2.05, 4.69) is 11.7 Å². The van der Waals surface area contributed by atoms with Crippen LogP contribution in [0.15, 0.2) is 0 Å². The van der Waals surface area contributed by atoms with Gasteiger partial charge in [0.1, 0.15) is 0 Å². The van der Waals surface area contributed by atoms with E-state index in [1.807, 2.05) is 6.92 Å². The van der Waals surface area contributed by atoms with Crippen LogP contribution in [0.3, 0.4) is 0 Å². The van der Waals surface area contributed by atoms with E-state index >= 15 is 0 Å². The van der Waals surface area contributed by atoms with E-state index < -0.39 is 0 Å². The van der Waals surface area contributed by atoms with Gasteiger partial charge in [-0.3, -0.25) is 9.59 Å².